The Morgan fingerprint density at radius 1 is 1.18 bits per heavy atom. The van der Waals surface area contributed by atoms with Gasteiger partial charge < -0.3 is 31.1 Å². The van der Waals surface area contributed by atoms with Crippen LogP contribution in [0.5, 0.6) is 5.75 Å². The Balaban J connectivity index is 0.000000221. The van der Waals surface area contributed by atoms with Crippen molar-refractivity contribution in [3.05, 3.63) is 46.0 Å². The van der Waals surface area contributed by atoms with Gasteiger partial charge in [0.1, 0.15) is 19.8 Å². The summed E-state index contributed by atoms with van der Waals surface area (Å²) in [5.41, 5.74) is 9.60. The molecule has 4 rings (SSSR count). The molecular weight excluding hydrogens is 440 g/mol. The number of para-hydroxylation sites is 1. The number of aromatic hydroxyl groups is 1. The molecule has 0 amide bonds. The molecule has 2 aliphatic heterocycles. The summed E-state index contributed by atoms with van der Waals surface area (Å²) < 4.78 is 9.26. The molecule has 156 valence electrons. The van der Waals surface area contributed by atoms with Gasteiger partial charge in [0, 0.05) is 6.10 Å². The molecule has 0 bridgehead atoms. The van der Waals surface area contributed by atoms with Gasteiger partial charge in [-0.15, -0.1) is 25.2 Å². The summed E-state index contributed by atoms with van der Waals surface area (Å²) in [5, 5.41) is 27.6. The van der Waals surface area contributed by atoms with Crippen molar-refractivity contribution >= 4 is 11.8 Å². The molecule has 1 aromatic rings. The van der Waals surface area contributed by atoms with Crippen molar-refractivity contribution in [2.45, 2.75) is 44.2 Å². The Morgan fingerprint density at radius 3 is 2.50 bits per heavy atom. The van der Waals surface area contributed by atoms with Gasteiger partial charge >= 0.3 is 23.2 Å². The summed E-state index contributed by atoms with van der Waals surface area (Å²) in [6, 6.07) is 5.72. The van der Waals surface area contributed by atoms with Crippen molar-refractivity contribution in [3.63, 3.8) is 0 Å². The van der Waals surface area contributed by atoms with Gasteiger partial charge in [0.05, 0.1) is 0 Å². The van der Waals surface area contributed by atoms with Crippen LogP contribution in [0.25, 0.3) is 22.2 Å². The number of aliphatic hydroxyl groups excluding tert-OH is 1. The van der Waals surface area contributed by atoms with Crippen LogP contribution in [0.1, 0.15) is 37.7 Å². The van der Waals surface area contributed by atoms with E-state index in [1.165, 1.54) is 25.7 Å². The molecule has 2 fully saturated rings. The van der Waals surface area contributed by atoms with Gasteiger partial charge in [0.2, 0.25) is 0 Å². The molecule has 8 heteroatoms. The Labute approximate surface area is 178 Å². The zero-order chi connectivity index (χ0) is 20.9. The fourth-order valence-corrected chi connectivity index (χ4v) is 3.60. The first-order chi connectivity index (χ1) is 13.5. The van der Waals surface area contributed by atoms with E-state index in [2.05, 4.69) is 10.6 Å². The number of rotatable bonds is 0. The van der Waals surface area contributed by atoms with E-state index in [4.69, 9.17) is 8.93 Å². The first-order valence-corrected chi connectivity index (χ1v) is 10.3. The van der Waals surface area contributed by atoms with Crippen LogP contribution < -0.4 is 0 Å². The molecule has 1 aliphatic carbocycles. The van der Waals surface area contributed by atoms with Crippen LogP contribution in [0.3, 0.4) is 0 Å². The molecule has 28 heavy (non-hydrogen) atoms. The summed E-state index contributed by atoms with van der Waals surface area (Å²) in [4.78, 5) is 0. The van der Waals surface area contributed by atoms with Crippen molar-refractivity contribution < 1.29 is 38.1 Å². The van der Waals surface area contributed by atoms with Gasteiger partial charge in [-0.2, -0.15) is 0 Å². The maximum atomic E-state index is 9.61. The molecule has 1 saturated heterocycles. The quantitative estimate of drug-likeness (QED) is 0.336. The summed E-state index contributed by atoms with van der Waals surface area (Å²) in [5.74, 6) is 0.986. The normalized spacial score (nSPS) is 24.2. The second-order valence-electron chi connectivity index (χ2n) is 7.10. The first-order valence-electron chi connectivity index (χ1n) is 9.52. The first kappa shape index (κ1) is 24.6. The van der Waals surface area contributed by atoms with Crippen molar-refractivity contribution in [1.82, 2.24) is 0 Å². The molecule has 1 aromatic carbocycles. The van der Waals surface area contributed by atoms with Crippen LogP contribution in [-0.4, -0.2) is 54.2 Å². The molecule has 0 radical (unpaired) electrons. The number of hydrogen-bond acceptors (Lipinski definition) is 3. The summed E-state index contributed by atoms with van der Waals surface area (Å²) in [6.07, 6.45) is 9.85. The fraction of sp³-hybridized carbons (Fsp3) is 0.600. The Kier molecular flexibility index (Phi) is 12.0. The summed E-state index contributed by atoms with van der Waals surface area (Å²) in [7, 11) is 3.11. The number of aliphatic hydroxyl groups is 1. The second kappa shape index (κ2) is 13.7. The molecule has 3 unspecified atom stereocenters. The van der Waals surface area contributed by atoms with Gasteiger partial charge in [0.15, 0.2) is 0 Å². The molecule has 7 nitrogen and oxygen atoms in total. The van der Waals surface area contributed by atoms with Gasteiger partial charge in [-0.3, -0.25) is 0 Å². The minimum absolute atomic E-state index is 0.117. The zero-order valence-corrected chi connectivity index (χ0v) is 18.6. The maximum absolute atomic E-state index is 9.61. The molecule has 2 N–H and O–H groups in total. The third kappa shape index (κ3) is 8.29. The van der Waals surface area contributed by atoms with E-state index in [1.54, 1.807) is 20.2 Å². The van der Waals surface area contributed by atoms with E-state index in [1.807, 2.05) is 24.3 Å². The standard InChI is InChI=1S/C9H16NO.C9H8NO.C2H6N2.Mo.O/c2*11-8-5-1-3-7-4-2-6-10-9(7)8;1-4(2)3;;/h7-9,11H,1-6H2;1-5,11H,6H2;1-2H3;;/q2*-1;;;. The number of fused-ring (bicyclic) bond motifs is 2. The van der Waals surface area contributed by atoms with E-state index in [0.29, 0.717) is 38.3 Å². The molecule has 0 aromatic heterocycles. The predicted octanol–water partition coefficient (Wildman–Crippen LogP) is 4.27. The van der Waals surface area contributed by atoms with Crippen LogP contribution in [0.15, 0.2) is 24.3 Å². The van der Waals surface area contributed by atoms with Gasteiger partial charge in [0.25, 0.3) is 0 Å². The van der Waals surface area contributed by atoms with Gasteiger partial charge in [-0.05, 0) is 18.1 Å². The van der Waals surface area contributed by atoms with Crippen molar-refractivity contribution in [2.75, 3.05) is 27.2 Å². The molecular formula is C20H30MoN4O3-2. The number of nitrogens with zero attached hydrogens (tertiary/aromatic N) is 4. The van der Waals surface area contributed by atoms with Crippen molar-refractivity contribution in [2.24, 2.45) is 5.92 Å². The minimum atomic E-state index is -0.117. The average Bonchev–Trinajstić information content (AvgIpc) is 2.71. The Hall–Kier alpha value is -1.43. The molecule has 2 heterocycles. The van der Waals surface area contributed by atoms with Crippen LogP contribution in [0.4, 0.5) is 5.69 Å². The fourth-order valence-electron chi connectivity index (χ4n) is 3.60. The monoisotopic (exact) mass is 472 g/mol. The van der Waals surface area contributed by atoms with Crippen molar-refractivity contribution in [3.8, 4) is 5.75 Å². The van der Waals surface area contributed by atoms with Crippen LogP contribution in [0.2, 0.25) is 0 Å². The number of piperidine rings is 1. The van der Waals surface area contributed by atoms with Crippen LogP contribution in [0, 0.1) is 5.92 Å². The molecule has 3 atom stereocenters. The summed E-state index contributed by atoms with van der Waals surface area (Å²) >= 11 is 0.700. The number of hydrogen-bond donors (Lipinski definition) is 2. The van der Waals surface area contributed by atoms with E-state index < -0.39 is 0 Å². The third-order valence-electron chi connectivity index (χ3n) is 4.72. The van der Waals surface area contributed by atoms with E-state index in [0.717, 1.165) is 28.9 Å². The van der Waals surface area contributed by atoms with E-state index >= 15 is 0 Å². The zero-order valence-electron chi connectivity index (χ0n) is 16.6. The van der Waals surface area contributed by atoms with Crippen LogP contribution in [-0.2, 0) is 23.2 Å². The van der Waals surface area contributed by atoms with E-state index in [9.17, 15) is 10.2 Å². The number of benzene rings is 1. The van der Waals surface area contributed by atoms with Gasteiger partial charge in [-0.1, -0.05) is 55.5 Å². The summed E-state index contributed by atoms with van der Waals surface area (Å²) in [6.45, 7) is 1.66. The second-order valence-corrected chi connectivity index (χ2v) is 7.10. The van der Waals surface area contributed by atoms with Gasteiger partial charge in [-0.25, -0.2) is 0 Å². The number of phenols is 1. The molecule has 3 aliphatic rings. The predicted molar refractivity (Wildman–Crippen MR) is 106 cm³/mol. The molecule has 0 spiro atoms. The Bertz CT molecular complexity index is 636. The van der Waals surface area contributed by atoms with E-state index in [-0.39, 0.29) is 11.9 Å². The average molecular weight is 470 g/mol. The molecule has 1 saturated carbocycles. The SMILES string of the molecule is C[N+](C)=[N-].OC1CCCC2CCC[N-]C12.Oc1cccc2c1[N-]CC=C2.[O]=[Mo]. The topological polar surface area (TPSA) is 111 Å². The van der Waals surface area contributed by atoms with Crippen molar-refractivity contribution in [1.29, 1.82) is 0 Å². The number of phenolic OH excluding ortho intramolecular Hbond substituents is 1. The Morgan fingerprint density at radius 2 is 1.86 bits per heavy atom. The van der Waals surface area contributed by atoms with Crippen LogP contribution >= 0.6 is 0 Å². The third-order valence-corrected chi connectivity index (χ3v) is 4.72.